The molecule has 0 spiro atoms. The summed E-state index contributed by atoms with van der Waals surface area (Å²) in [7, 11) is 0. The standard InChI is InChI=1S/C20H15ClN2O4/c1-11-6-17-14(8-15(11)21)13(7-19(24)27-17)10-26-20(25)16-9-23-12(2)4-3-5-18(23)22-16/h3-9H,10H2,1-2H3. The summed E-state index contributed by atoms with van der Waals surface area (Å²) in [5.74, 6) is -0.572. The molecule has 0 aliphatic heterocycles. The molecule has 27 heavy (non-hydrogen) atoms. The lowest BCUT2D eigenvalue weighted by Gasteiger charge is -2.08. The molecule has 3 aromatic heterocycles. The van der Waals surface area contributed by atoms with Crippen molar-refractivity contribution in [2.45, 2.75) is 20.5 Å². The van der Waals surface area contributed by atoms with Crippen molar-refractivity contribution in [2.75, 3.05) is 0 Å². The van der Waals surface area contributed by atoms with Gasteiger partial charge in [0.2, 0.25) is 0 Å². The number of carbonyl (C=O) groups is 1. The molecule has 7 heteroatoms. The second kappa shape index (κ2) is 6.55. The number of fused-ring (bicyclic) bond motifs is 2. The van der Waals surface area contributed by atoms with Crippen molar-refractivity contribution in [1.29, 1.82) is 0 Å². The molecule has 0 unspecified atom stereocenters. The fraction of sp³-hybridized carbons (Fsp3) is 0.150. The van der Waals surface area contributed by atoms with Crippen molar-refractivity contribution in [3.05, 3.63) is 80.6 Å². The number of ether oxygens (including phenoxy) is 1. The molecule has 0 atom stereocenters. The smallest absolute Gasteiger partial charge is 0.358 e. The Morgan fingerprint density at radius 3 is 2.85 bits per heavy atom. The van der Waals surface area contributed by atoms with Crippen LogP contribution in [-0.4, -0.2) is 15.4 Å². The van der Waals surface area contributed by atoms with Crippen molar-refractivity contribution in [2.24, 2.45) is 0 Å². The van der Waals surface area contributed by atoms with Crippen molar-refractivity contribution in [1.82, 2.24) is 9.38 Å². The molecule has 3 heterocycles. The van der Waals surface area contributed by atoms with Crippen molar-refractivity contribution in [3.63, 3.8) is 0 Å². The average molecular weight is 383 g/mol. The van der Waals surface area contributed by atoms with E-state index in [1.165, 1.54) is 6.07 Å². The maximum absolute atomic E-state index is 12.4. The monoisotopic (exact) mass is 382 g/mol. The Bertz CT molecular complexity index is 1260. The summed E-state index contributed by atoms with van der Waals surface area (Å²) >= 11 is 6.18. The Morgan fingerprint density at radius 2 is 2.07 bits per heavy atom. The van der Waals surface area contributed by atoms with Crippen LogP contribution in [0.25, 0.3) is 16.6 Å². The maximum atomic E-state index is 12.4. The van der Waals surface area contributed by atoms with E-state index in [1.807, 2.05) is 36.4 Å². The van der Waals surface area contributed by atoms with Gasteiger partial charge in [-0.3, -0.25) is 0 Å². The molecule has 136 valence electrons. The fourth-order valence-corrected chi connectivity index (χ4v) is 3.10. The van der Waals surface area contributed by atoms with E-state index in [9.17, 15) is 9.59 Å². The molecule has 0 N–H and O–H groups in total. The molecular formula is C20H15ClN2O4. The van der Waals surface area contributed by atoms with Crippen LogP contribution in [0.1, 0.15) is 27.3 Å². The van der Waals surface area contributed by atoms with E-state index < -0.39 is 11.6 Å². The molecule has 4 aromatic rings. The number of aryl methyl sites for hydroxylation is 2. The molecule has 1 aromatic carbocycles. The largest absolute Gasteiger partial charge is 0.456 e. The molecule has 0 saturated carbocycles. The summed E-state index contributed by atoms with van der Waals surface area (Å²) in [5, 5.41) is 1.17. The molecule has 0 saturated heterocycles. The Labute approximate surface area is 159 Å². The number of rotatable bonds is 3. The molecule has 0 radical (unpaired) electrons. The Morgan fingerprint density at radius 1 is 1.26 bits per heavy atom. The SMILES string of the molecule is Cc1cc2oc(=O)cc(COC(=O)c3cn4c(C)cccc4n3)c2cc1Cl. The normalized spacial score (nSPS) is 11.2. The van der Waals surface area contributed by atoms with Gasteiger partial charge in [0.15, 0.2) is 5.69 Å². The summed E-state index contributed by atoms with van der Waals surface area (Å²) in [6, 6.07) is 10.3. The number of aromatic nitrogens is 2. The van der Waals surface area contributed by atoms with Crippen LogP contribution in [0.2, 0.25) is 5.02 Å². The van der Waals surface area contributed by atoms with Gasteiger partial charge in [0.25, 0.3) is 0 Å². The lowest BCUT2D eigenvalue weighted by Crippen LogP contribution is -2.08. The van der Waals surface area contributed by atoms with Gasteiger partial charge in [0.1, 0.15) is 17.8 Å². The zero-order valence-corrected chi connectivity index (χ0v) is 15.4. The number of halogens is 1. The van der Waals surface area contributed by atoms with Crippen LogP contribution in [0.15, 0.2) is 51.8 Å². The van der Waals surface area contributed by atoms with Crippen LogP contribution < -0.4 is 5.63 Å². The third kappa shape index (κ3) is 3.19. The van der Waals surface area contributed by atoms with Crippen molar-refractivity contribution < 1.29 is 13.9 Å². The predicted octanol–water partition coefficient (Wildman–Crippen LogP) is 4.07. The molecular weight excluding hydrogens is 368 g/mol. The zero-order chi connectivity index (χ0) is 19.1. The highest BCUT2D eigenvalue weighted by atomic mass is 35.5. The number of nitrogens with zero attached hydrogens (tertiary/aromatic N) is 2. The van der Waals surface area contributed by atoms with Gasteiger partial charge in [-0.1, -0.05) is 17.7 Å². The van der Waals surface area contributed by atoms with Gasteiger partial charge in [-0.15, -0.1) is 0 Å². The van der Waals surface area contributed by atoms with Crippen LogP contribution in [0.4, 0.5) is 0 Å². The molecule has 0 aliphatic rings. The van der Waals surface area contributed by atoms with Crippen LogP contribution in [-0.2, 0) is 11.3 Å². The lowest BCUT2D eigenvalue weighted by molar-refractivity contribution is 0.0467. The van der Waals surface area contributed by atoms with Crippen molar-refractivity contribution in [3.8, 4) is 0 Å². The Hall–Kier alpha value is -3.12. The number of benzene rings is 1. The number of pyridine rings is 1. The van der Waals surface area contributed by atoms with E-state index in [-0.39, 0.29) is 12.3 Å². The third-order valence-corrected chi connectivity index (χ3v) is 4.78. The van der Waals surface area contributed by atoms with Gasteiger partial charge >= 0.3 is 11.6 Å². The van der Waals surface area contributed by atoms with Crippen LogP contribution in [0.5, 0.6) is 0 Å². The van der Waals surface area contributed by atoms with E-state index in [4.69, 9.17) is 20.8 Å². The summed E-state index contributed by atoms with van der Waals surface area (Å²) in [6.45, 7) is 3.65. The minimum Gasteiger partial charge on any atom is -0.456 e. The highest BCUT2D eigenvalue weighted by Gasteiger charge is 2.15. The van der Waals surface area contributed by atoms with E-state index in [2.05, 4.69) is 4.98 Å². The Kier molecular flexibility index (Phi) is 4.20. The highest BCUT2D eigenvalue weighted by molar-refractivity contribution is 6.32. The van der Waals surface area contributed by atoms with Gasteiger partial charge in [-0.2, -0.15) is 0 Å². The first-order valence-electron chi connectivity index (χ1n) is 8.27. The van der Waals surface area contributed by atoms with E-state index in [1.54, 1.807) is 18.3 Å². The first kappa shape index (κ1) is 17.3. The van der Waals surface area contributed by atoms with Gasteiger partial charge in [-0.05, 0) is 43.7 Å². The minimum atomic E-state index is -0.572. The quantitative estimate of drug-likeness (QED) is 0.394. The second-order valence-corrected chi connectivity index (χ2v) is 6.69. The first-order chi connectivity index (χ1) is 12.9. The number of esters is 1. The van der Waals surface area contributed by atoms with Gasteiger partial charge in [0.05, 0.1) is 0 Å². The van der Waals surface area contributed by atoms with Gasteiger partial charge < -0.3 is 13.6 Å². The van der Waals surface area contributed by atoms with E-state index >= 15 is 0 Å². The number of imidazole rings is 1. The average Bonchev–Trinajstić information content (AvgIpc) is 3.07. The van der Waals surface area contributed by atoms with Crippen LogP contribution in [0, 0.1) is 13.8 Å². The number of hydrogen-bond donors (Lipinski definition) is 0. The minimum absolute atomic E-state index is 0.0901. The second-order valence-electron chi connectivity index (χ2n) is 6.29. The van der Waals surface area contributed by atoms with Gasteiger partial charge in [-0.25, -0.2) is 14.6 Å². The number of carbonyl (C=O) groups excluding carboxylic acids is 1. The molecule has 0 amide bonds. The third-order valence-electron chi connectivity index (χ3n) is 4.37. The maximum Gasteiger partial charge on any atom is 0.358 e. The van der Waals surface area contributed by atoms with E-state index in [0.717, 1.165) is 11.3 Å². The summed E-state index contributed by atoms with van der Waals surface area (Å²) < 4.78 is 12.4. The number of hydrogen-bond acceptors (Lipinski definition) is 5. The lowest BCUT2D eigenvalue weighted by atomic mass is 10.1. The van der Waals surface area contributed by atoms with Crippen LogP contribution >= 0.6 is 11.6 Å². The Balaban J connectivity index is 1.64. The van der Waals surface area contributed by atoms with Crippen molar-refractivity contribution >= 4 is 34.2 Å². The van der Waals surface area contributed by atoms with Crippen LogP contribution in [0.3, 0.4) is 0 Å². The highest BCUT2D eigenvalue weighted by Crippen LogP contribution is 2.25. The van der Waals surface area contributed by atoms with E-state index in [0.29, 0.717) is 27.2 Å². The topological polar surface area (TPSA) is 73.8 Å². The molecule has 4 rings (SSSR count). The first-order valence-corrected chi connectivity index (χ1v) is 8.65. The summed E-state index contributed by atoms with van der Waals surface area (Å²) in [4.78, 5) is 28.5. The molecule has 6 nitrogen and oxygen atoms in total. The molecule has 0 bridgehead atoms. The summed E-state index contributed by atoms with van der Waals surface area (Å²) in [6.07, 6.45) is 1.63. The fourth-order valence-electron chi connectivity index (χ4n) is 2.93. The van der Waals surface area contributed by atoms with Gasteiger partial charge in [0, 0.05) is 33.9 Å². The predicted molar refractivity (Wildman–Crippen MR) is 101 cm³/mol. The zero-order valence-electron chi connectivity index (χ0n) is 14.7. The summed E-state index contributed by atoms with van der Waals surface area (Å²) in [5.41, 5.74) is 3.02. The molecule has 0 fully saturated rings. The molecule has 0 aliphatic carbocycles.